The molecule has 0 saturated carbocycles. The Morgan fingerprint density at radius 1 is 1.09 bits per heavy atom. The number of aryl methyl sites for hydroxylation is 1. The van der Waals surface area contributed by atoms with E-state index in [1.54, 1.807) is 30.3 Å². The van der Waals surface area contributed by atoms with Crippen molar-refractivity contribution in [3.63, 3.8) is 0 Å². The number of oxazole rings is 1. The molecule has 5 aromatic rings. The highest BCUT2D eigenvalue weighted by Crippen LogP contribution is 2.22. The summed E-state index contributed by atoms with van der Waals surface area (Å²) < 4.78 is 8.25. The fourth-order valence-corrected chi connectivity index (χ4v) is 3.63. The SMILES string of the molecule is O=C(CCCn1c(=O)oc2ccccc21)Nc1ccccc1-n1ncc2c(=O)[nH]cnc21. The molecule has 3 aromatic heterocycles. The molecule has 10 heteroatoms. The molecule has 160 valence electrons. The van der Waals surface area contributed by atoms with Gasteiger partial charge in [0.25, 0.3) is 5.56 Å². The molecule has 0 radical (unpaired) electrons. The Labute approximate surface area is 180 Å². The van der Waals surface area contributed by atoms with Crippen LogP contribution >= 0.6 is 0 Å². The van der Waals surface area contributed by atoms with Gasteiger partial charge in [0.05, 0.1) is 29.4 Å². The first-order valence-corrected chi connectivity index (χ1v) is 10.0. The number of benzene rings is 2. The Hall–Kier alpha value is -4.47. The third-order valence-electron chi connectivity index (χ3n) is 5.14. The molecular weight excluding hydrogens is 412 g/mol. The van der Waals surface area contributed by atoms with Crippen LogP contribution in [0.5, 0.6) is 0 Å². The number of carbonyl (C=O) groups excluding carboxylic acids is 1. The van der Waals surface area contributed by atoms with Crippen molar-refractivity contribution in [3.8, 4) is 5.69 Å². The molecule has 0 saturated heterocycles. The largest absolute Gasteiger partial charge is 0.419 e. The van der Waals surface area contributed by atoms with E-state index in [0.29, 0.717) is 46.5 Å². The van der Waals surface area contributed by atoms with E-state index in [9.17, 15) is 14.4 Å². The molecular formula is C22H18N6O4. The van der Waals surface area contributed by atoms with Crippen LogP contribution < -0.4 is 16.6 Å². The highest BCUT2D eigenvalue weighted by molar-refractivity contribution is 5.93. The molecule has 1 amide bonds. The molecule has 10 nitrogen and oxygen atoms in total. The smallest absolute Gasteiger partial charge is 0.408 e. The lowest BCUT2D eigenvalue weighted by molar-refractivity contribution is -0.116. The first kappa shape index (κ1) is 19.5. The summed E-state index contributed by atoms with van der Waals surface area (Å²) in [5, 5.41) is 7.50. The van der Waals surface area contributed by atoms with E-state index in [4.69, 9.17) is 4.42 Å². The number of anilines is 1. The first-order valence-electron chi connectivity index (χ1n) is 10.0. The number of para-hydroxylation sites is 4. The van der Waals surface area contributed by atoms with Gasteiger partial charge < -0.3 is 14.7 Å². The Kier molecular flexibility index (Phi) is 4.86. The zero-order chi connectivity index (χ0) is 22.1. The van der Waals surface area contributed by atoms with Gasteiger partial charge in [-0.1, -0.05) is 24.3 Å². The van der Waals surface area contributed by atoms with Crippen LogP contribution in [-0.4, -0.2) is 30.2 Å². The Morgan fingerprint density at radius 3 is 2.81 bits per heavy atom. The van der Waals surface area contributed by atoms with Crippen molar-refractivity contribution in [1.82, 2.24) is 24.3 Å². The van der Waals surface area contributed by atoms with Crippen LogP contribution in [0.3, 0.4) is 0 Å². The maximum atomic E-state index is 12.6. The second kappa shape index (κ2) is 7.99. The quantitative estimate of drug-likeness (QED) is 0.426. The third-order valence-corrected chi connectivity index (χ3v) is 5.14. The fraction of sp³-hybridized carbons (Fsp3) is 0.136. The monoisotopic (exact) mass is 430 g/mol. The summed E-state index contributed by atoms with van der Waals surface area (Å²) in [5.41, 5.74) is 2.46. The molecule has 0 aliphatic carbocycles. The standard InChI is InChI=1S/C22H18N6O4/c29-19(10-5-11-27-17-8-3-4-9-18(17)32-22(27)31)26-15-6-1-2-7-16(15)28-20-14(12-25-28)21(30)24-13-23-20/h1-4,6-9,12-13H,5,10-11H2,(H,26,29)(H,23,24,30). The maximum Gasteiger partial charge on any atom is 0.419 e. The lowest BCUT2D eigenvalue weighted by Gasteiger charge is -2.11. The number of hydrogen-bond acceptors (Lipinski definition) is 6. The second-order valence-corrected chi connectivity index (χ2v) is 7.18. The summed E-state index contributed by atoms with van der Waals surface area (Å²) in [6.07, 6.45) is 3.41. The number of hydrogen-bond donors (Lipinski definition) is 2. The zero-order valence-corrected chi connectivity index (χ0v) is 16.8. The van der Waals surface area contributed by atoms with Crippen LogP contribution in [0.4, 0.5) is 5.69 Å². The van der Waals surface area contributed by atoms with Gasteiger partial charge in [0.15, 0.2) is 11.2 Å². The van der Waals surface area contributed by atoms with Crippen molar-refractivity contribution < 1.29 is 9.21 Å². The number of aromatic nitrogens is 5. The molecule has 5 rings (SSSR count). The van der Waals surface area contributed by atoms with Gasteiger partial charge in [-0.2, -0.15) is 5.10 Å². The molecule has 3 heterocycles. The molecule has 0 aliphatic heterocycles. The van der Waals surface area contributed by atoms with Crippen molar-refractivity contribution in [2.75, 3.05) is 5.32 Å². The summed E-state index contributed by atoms with van der Waals surface area (Å²) in [6.45, 7) is 0.363. The normalized spacial score (nSPS) is 11.2. The van der Waals surface area contributed by atoms with Crippen molar-refractivity contribution in [1.29, 1.82) is 0 Å². The van der Waals surface area contributed by atoms with Gasteiger partial charge in [-0.15, -0.1) is 0 Å². The number of carbonyl (C=O) groups is 1. The molecule has 2 N–H and O–H groups in total. The number of fused-ring (bicyclic) bond motifs is 2. The van der Waals surface area contributed by atoms with Crippen molar-refractivity contribution in [2.24, 2.45) is 0 Å². The lowest BCUT2D eigenvalue weighted by Crippen LogP contribution is -2.17. The van der Waals surface area contributed by atoms with E-state index in [-0.39, 0.29) is 17.9 Å². The maximum absolute atomic E-state index is 12.6. The van der Waals surface area contributed by atoms with Gasteiger partial charge in [0.2, 0.25) is 5.91 Å². The number of H-pyrrole nitrogens is 1. The highest BCUT2D eigenvalue weighted by atomic mass is 16.4. The van der Waals surface area contributed by atoms with Crippen LogP contribution in [0, 0.1) is 0 Å². The van der Waals surface area contributed by atoms with E-state index in [0.717, 1.165) is 0 Å². The van der Waals surface area contributed by atoms with Crippen LogP contribution in [0.1, 0.15) is 12.8 Å². The Bertz CT molecular complexity index is 1560. The van der Waals surface area contributed by atoms with Gasteiger partial charge in [0.1, 0.15) is 5.39 Å². The average Bonchev–Trinajstić information content (AvgIpc) is 3.36. The predicted octanol–water partition coefficient (Wildman–Crippen LogP) is 2.44. The van der Waals surface area contributed by atoms with E-state index in [2.05, 4.69) is 20.4 Å². The van der Waals surface area contributed by atoms with Gasteiger partial charge in [-0.25, -0.2) is 14.5 Å². The summed E-state index contributed by atoms with van der Waals surface area (Å²) >= 11 is 0. The number of aromatic amines is 1. The Balaban J connectivity index is 1.32. The Morgan fingerprint density at radius 2 is 1.91 bits per heavy atom. The van der Waals surface area contributed by atoms with E-state index in [1.165, 1.54) is 21.8 Å². The van der Waals surface area contributed by atoms with Crippen LogP contribution in [0.2, 0.25) is 0 Å². The molecule has 0 bridgehead atoms. The molecule has 0 spiro atoms. The minimum absolute atomic E-state index is 0.206. The third kappa shape index (κ3) is 3.47. The van der Waals surface area contributed by atoms with Gasteiger partial charge >= 0.3 is 5.76 Å². The fourth-order valence-electron chi connectivity index (χ4n) is 3.63. The van der Waals surface area contributed by atoms with E-state index < -0.39 is 5.76 Å². The summed E-state index contributed by atoms with van der Waals surface area (Å²) in [5.74, 6) is -0.648. The van der Waals surface area contributed by atoms with Crippen molar-refractivity contribution in [3.05, 3.63) is 82.0 Å². The minimum Gasteiger partial charge on any atom is -0.408 e. The molecule has 0 unspecified atom stereocenters. The van der Waals surface area contributed by atoms with Crippen LogP contribution in [0.15, 0.2) is 75.1 Å². The van der Waals surface area contributed by atoms with Gasteiger partial charge in [0, 0.05) is 13.0 Å². The molecule has 0 aliphatic rings. The van der Waals surface area contributed by atoms with Crippen molar-refractivity contribution in [2.45, 2.75) is 19.4 Å². The average molecular weight is 430 g/mol. The first-order chi connectivity index (χ1) is 15.6. The van der Waals surface area contributed by atoms with Gasteiger partial charge in [-0.05, 0) is 30.7 Å². The van der Waals surface area contributed by atoms with E-state index in [1.807, 2.05) is 18.2 Å². The van der Waals surface area contributed by atoms with Crippen LogP contribution in [-0.2, 0) is 11.3 Å². The van der Waals surface area contributed by atoms with Gasteiger partial charge in [-0.3, -0.25) is 14.2 Å². The summed E-state index contributed by atoms with van der Waals surface area (Å²) in [6, 6.07) is 14.3. The summed E-state index contributed by atoms with van der Waals surface area (Å²) in [7, 11) is 0. The molecule has 2 aromatic carbocycles. The van der Waals surface area contributed by atoms with E-state index >= 15 is 0 Å². The van der Waals surface area contributed by atoms with Crippen LogP contribution in [0.25, 0.3) is 27.8 Å². The highest BCUT2D eigenvalue weighted by Gasteiger charge is 2.14. The number of rotatable bonds is 6. The minimum atomic E-state index is -0.440. The molecule has 0 atom stereocenters. The summed E-state index contributed by atoms with van der Waals surface area (Å²) in [4.78, 5) is 43.3. The number of nitrogens with one attached hydrogen (secondary N) is 2. The second-order valence-electron chi connectivity index (χ2n) is 7.18. The predicted molar refractivity (Wildman–Crippen MR) is 118 cm³/mol. The lowest BCUT2D eigenvalue weighted by atomic mass is 10.2. The zero-order valence-electron chi connectivity index (χ0n) is 16.8. The molecule has 0 fully saturated rings. The topological polar surface area (TPSA) is 128 Å². The number of nitrogens with zero attached hydrogens (tertiary/aromatic N) is 4. The van der Waals surface area contributed by atoms with Crippen molar-refractivity contribution >= 4 is 33.7 Å². The molecule has 32 heavy (non-hydrogen) atoms. The number of amides is 1.